The minimum atomic E-state index is -0.435. The maximum absolute atomic E-state index is 11.8. The van der Waals surface area contributed by atoms with E-state index in [0.29, 0.717) is 12.8 Å². The molecule has 0 bridgehead atoms. The predicted molar refractivity (Wildman–Crippen MR) is 69.2 cm³/mol. The van der Waals surface area contributed by atoms with E-state index in [4.69, 9.17) is 0 Å². The lowest BCUT2D eigenvalue weighted by atomic mass is 9.95. The van der Waals surface area contributed by atoms with Crippen LogP contribution in [0.2, 0.25) is 0 Å². The Bertz CT molecular complexity index is 364. The van der Waals surface area contributed by atoms with Gasteiger partial charge in [0.05, 0.1) is 12.6 Å². The van der Waals surface area contributed by atoms with Crippen molar-refractivity contribution in [3.63, 3.8) is 0 Å². The molecule has 1 saturated heterocycles. The van der Waals surface area contributed by atoms with Crippen molar-refractivity contribution in [2.45, 2.75) is 57.0 Å². The molecule has 2 fully saturated rings. The van der Waals surface area contributed by atoms with Gasteiger partial charge >= 0.3 is 0 Å². The summed E-state index contributed by atoms with van der Waals surface area (Å²) in [6, 6.07) is -0.153. The van der Waals surface area contributed by atoms with E-state index in [1.807, 2.05) is 0 Å². The highest BCUT2D eigenvalue weighted by atomic mass is 16.2. The number of hydrogen-bond donors (Lipinski definition) is 3. The standard InChI is InChI=1S/C13H21N3O3/c17-11-7-6-10(13(19)16-11)14-8-12(18)15-9-4-2-1-3-5-9/h9-10,14H,1-8H2,(H,15,18)(H,16,17,19). The van der Waals surface area contributed by atoms with E-state index in [-0.39, 0.29) is 30.3 Å². The molecule has 0 aromatic carbocycles. The summed E-state index contributed by atoms with van der Waals surface area (Å²) in [6.45, 7) is 0.128. The van der Waals surface area contributed by atoms with E-state index < -0.39 is 6.04 Å². The Hall–Kier alpha value is -1.43. The van der Waals surface area contributed by atoms with Gasteiger partial charge in [0.1, 0.15) is 0 Å². The fourth-order valence-corrected chi connectivity index (χ4v) is 2.63. The van der Waals surface area contributed by atoms with Crippen LogP contribution >= 0.6 is 0 Å². The maximum Gasteiger partial charge on any atom is 0.243 e. The fourth-order valence-electron chi connectivity index (χ4n) is 2.63. The first kappa shape index (κ1) is 14.0. The Labute approximate surface area is 112 Å². The van der Waals surface area contributed by atoms with Gasteiger partial charge in [0.15, 0.2) is 0 Å². The third-order valence-corrected chi connectivity index (χ3v) is 3.72. The van der Waals surface area contributed by atoms with Gasteiger partial charge in [-0.3, -0.25) is 25.0 Å². The largest absolute Gasteiger partial charge is 0.352 e. The van der Waals surface area contributed by atoms with Crippen LogP contribution < -0.4 is 16.0 Å². The molecule has 1 heterocycles. The van der Waals surface area contributed by atoms with Gasteiger partial charge in [-0.2, -0.15) is 0 Å². The third kappa shape index (κ3) is 4.31. The van der Waals surface area contributed by atoms with Crippen molar-refractivity contribution in [2.24, 2.45) is 0 Å². The molecular weight excluding hydrogens is 246 g/mol. The Kier molecular flexibility index (Phi) is 4.90. The predicted octanol–water partition coefficient (Wildman–Crippen LogP) is -0.170. The molecule has 0 aromatic rings. The zero-order chi connectivity index (χ0) is 13.7. The highest BCUT2D eigenvalue weighted by Gasteiger charge is 2.26. The van der Waals surface area contributed by atoms with Crippen LogP contribution in [0.3, 0.4) is 0 Å². The number of rotatable bonds is 4. The maximum atomic E-state index is 11.8. The van der Waals surface area contributed by atoms with Crippen molar-refractivity contribution in [3.05, 3.63) is 0 Å². The van der Waals surface area contributed by atoms with Crippen LogP contribution in [0.4, 0.5) is 0 Å². The topological polar surface area (TPSA) is 87.3 Å². The van der Waals surface area contributed by atoms with Crippen molar-refractivity contribution >= 4 is 17.7 Å². The Balaban J connectivity index is 1.68. The molecule has 1 saturated carbocycles. The second kappa shape index (κ2) is 6.65. The van der Waals surface area contributed by atoms with Gasteiger partial charge < -0.3 is 5.32 Å². The zero-order valence-electron chi connectivity index (χ0n) is 11.0. The number of imide groups is 1. The van der Waals surface area contributed by atoms with E-state index in [2.05, 4.69) is 16.0 Å². The van der Waals surface area contributed by atoms with E-state index in [9.17, 15) is 14.4 Å². The molecule has 0 spiro atoms. The summed E-state index contributed by atoms with van der Waals surface area (Å²) < 4.78 is 0. The van der Waals surface area contributed by atoms with Gasteiger partial charge in [-0.05, 0) is 19.3 Å². The van der Waals surface area contributed by atoms with Crippen LogP contribution in [0.1, 0.15) is 44.9 Å². The highest BCUT2D eigenvalue weighted by Crippen LogP contribution is 2.17. The van der Waals surface area contributed by atoms with Crippen LogP contribution in [0, 0.1) is 0 Å². The lowest BCUT2D eigenvalue weighted by molar-refractivity contribution is -0.134. The molecule has 3 amide bonds. The molecule has 2 aliphatic rings. The van der Waals surface area contributed by atoms with Crippen molar-refractivity contribution in [1.29, 1.82) is 0 Å². The SMILES string of the molecule is O=C1CCC(NCC(=O)NC2CCCCC2)C(=O)N1. The fraction of sp³-hybridized carbons (Fsp3) is 0.769. The number of carbonyl (C=O) groups is 3. The van der Waals surface area contributed by atoms with E-state index in [1.54, 1.807) is 0 Å². The molecular formula is C13H21N3O3. The third-order valence-electron chi connectivity index (χ3n) is 3.72. The molecule has 1 aliphatic carbocycles. The number of piperidine rings is 1. The summed E-state index contributed by atoms with van der Waals surface area (Å²) in [6.07, 6.45) is 6.47. The van der Waals surface area contributed by atoms with E-state index in [1.165, 1.54) is 19.3 Å². The average Bonchev–Trinajstić information content (AvgIpc) is 2.39. The van der Waals surface area contributed by atoms with Crippen molar-refractivity contribution in [3.8, 4) is 0 Å². The molecule has 2 rings (SSSR count). The Morgan fingerprint density at radius 2 is 1.89 bits per heavy atom. The first-order valence-electron chi connectivity index (χ1n) is 7.01. The molecule has 1 aliphatic heterocycles. The van der Waals surface area contributed by atoms with Gasteiger partial charge in [-0.25, -0.2) is 0 Å². The van der Waals surface area contributed by atoms with Gasteiger partial charge in [0.2, 0.25) is 17.7 Å². The van der Waals surface area contributed by atoms with Crippen molar-refractivity contribution in [2.75, 3.05) is 6.54 Å². The molecule has 0 aromatic heterocycles. The molecule has 6 nitrogen and oxygen atoms in total. The highest BCUT2D eigenvalue weighted by molar-refractivity contribution is 6.00. The summed E-state index contributed by atoms with van der Waals surface area (Å²) in [5.74, 6) is -0.645. The quantitative estimate of drug-likeness (QED) is 0.617. The van der Waals surface area contributed by atoms with Crippen molar-refractivity contribution in [1.82, 2.24) is 16.0 Å². The molecule has 19 heavy (non-hydrogen) atoms. The minimum absolute atomic E-state index is 0.0726. The van der Waals surface area contributed by atoms with Crippen molar-refractivity contribution < 1.29 is 14.4 Å². The smallest absolute Gasteiger partial charge is 0.243 e. The second-order valence-corrected chi connectivity index (χ2v) is 5.29. The minimum Gasteiger partial charge on any atom is -0.352 e. The second-order valence-electron chi connectivity index (χ2n) is 5.29. The van der Waals surface area contributed by atoms with Gasteiger partial charge in [0, 0.05) is 12.5 Å². The van der Waals surface area contributed by atoms with Crippen LogP contribution in [0.15, 0.2) is 0 Å². The molecule has 0 radical (unpaired) electrons. The van der Waals surface area contributed by atoms with E-state index in [0.717, 1.165) is 12.8 Å². The summed E-state index contributed by atoms with van der Waals surface area (Å²) in [7, 11) is 0. The number of nitrogens with one attached hydrogen (secondary N) is 3. The van der Waals surface area contributed by atoms with Gasteiger partial charge in [-0.1, -0.05) is 19.3 Å². The molecule has 6 heteroatoms. The Morgan fingerprint density at radius 3 is 2.58 bits per heavy atom. The summed E-state index contributed by atoms with van der Waals surface area (Å²) in [5.41, 5.74) is 0. The van der Waals surface area contributed by atoms with Crippen LogP contribution in [0.25, 0.3) is 0 Å². The van der Waals surface area contributed by atoms with E-state index >= 15 is 0 Å². The lowest BCUT2D eigenvalue weighted by Gasteiger charge is -2.24. The molecule has 106 valence electrons. The normalized spacial score (nSPS) is 24.9. The first-order chi connectivity index (χ1) is 9.15. The number of hydrogen-bond acceptors (Lipinski definition) is 4. The Morgan fingerprint density at radius 1 is 1.16 bits per heavy atom. The lowest BCUT2D eigenvalue weighted by Crippen LogP contribution is -2.53. The summed E-state index contributed by atoms with van der Waals surface area (Å²) in [5, 5.41) is 8.15. The number of amides is 3. The zero-order valence-corrected chi connectivity index (χ0v) is 11.0. The van der Waals surface area contributed by atoms with Crippen LogP contribution in [0.5, 0.6) is 0 Å². The first-order valence-corrected chi connectivity index (χ1v) is 7.01. The summed E-state index contributed by atoms with van der Waals surface area (Å²) in [4.78, 5) is 34.2. The monoisotopic (exact) mass is 267 g/mol. The van der Waals surface area contributed by atoms with Crippen LogP contribution in [-0.4, -0.2) is 36.3 Å². The van der Waals surface area contributed by atoms with Crippen LogP contribution in [-0.2, 0) is 14.4 Å². The summed E-state index contributed by atoms with van der Waals surface area (Å²) >= 11 is 0. The molecule has 3 N–H and O–H groups in total. The molecule has 1 atom stereocenters. The number of carbonyl (C=O) groups excluding carboxylic acids is 3. The van der Waals surface area contributed by atoms with Gasteiger partial charge in [-0.15, -0.1) is 0 Å². The molecule has 1 unspecified atom stereocenters. The average molecular weight is 267 g/mol. The van der Waals surface area contributed by atoms with Gasteiger partial charge in [0.25, 0.3) is 0 Å².